The molecule has 0 N–H and O–H groups in total. The van der Waals surface area contributed by atoms with Crippen LogP contribution in [0.1, 0.15) is 6.92 Å². The molecule has 0 saturated heterocycles. The molecule has 0 saturated carbocycles. The Balaban J connectivity index is 3.07. The van der Waals surface area contributed by atoms with E-state index in [1.807, 2.05) is 25.9 Å². The van der Waals surface area contributed by atoms with Crippen molar-refractivity contribution >= 4 is 28.8 Å². The fourth-order valence-corrected chi connectivity index (χ4v) is 1.27. The first kappa shape index (κ1) is 14.2. The van der Waals surface area contributed by atoms with Crippen molar-refractivity contribution < 1.29 is 9.66 Å². The van der Waals surface area contributed by atoms with E-state index in [4.69, 9.17) is 4.74 Å². The molecule has 0 fully saturated rings. The average Bonchev–Trinajstić information content (AvgIpc) is 2.30. The number of ether oxygens (including phenoxy) is 1. The Morgan fingerprint density at radius 3 is 2.72 bits per heavy atom. The molecular formula is C11H13N3O3S. The lowest BCUT2D eigenvalue weighted by atomic mass is 10.2. The number of thiocarbonyl (C=S) groups is 1. The van der Waals surface area contributed by atoms with Gasteiger partial charge < -0.3 is 4.74 Å². The minimum absolute atomic E-state index is 0.157. The van der Waals surface area contributed by atoms with Gasteiger partial charge in [-0.3, -0.25) is 15.0 Å². The number of benzene rings is 1. The summed E-state index contributed by atoms with van der Waals surface area (Å²) in [4.78, 5) is 15.8. The predicted octanol–water partition coefficient (Wildman–Crippen LogP) is 2.62. The van der Waals surface area contributed by atoms with Crippen molar-refractivity contribution in [3.63, 3.8) is 0 Å². The van der Waals surface area contributed by atoms with Gasteiger partial charge in [0.2, 0.25) is 0 Å². The summed E-state index contributed by atoms with van der Waals surface area (Å²) in [6.07, 6.45) is -0.190. The normalized spacial score (nSPS) is 11.8. The maximum atomic E-state index is 10.9. The molecule has 1 aromatic carbocycles. The van der Waals surface area contributed by atoms with Crippen molar-refractivity contribution in [1.82, 2.24) is 4.90 Å². The van der Waals surface area contributed by atoms with Gasteiger partial charge in [0.15, 0.2) is 5.69 Å². The van der Waals surface area contributed by atoms with Crippen LogP contribution in [0.15, 0.2) is 23.2 Å². The summed E-state index contributed by atoms with van der Waals surface area (Å²) < 4.78 is 5.53. The fourth-order valence-electron chi connectivity index (χ4n) is 1.17. The van der Waals surface area contributed by atoms with Gasteiger partial charge in [0.25, 0.3) is 5.69 Å². The second kappa shape index (κ2) is 6.20. The molecule has 6 nitrogen and oxygen atoms in total. The summed E-state index contributed by atoms with van der Waals surface area (Å²) >= 11 is 4.44. The van der Waals surface area contributed by atoms with E-state index in [2.05, 4.69) is 22.4 Å². The number of aliphatic imine (C=N–C) groups is 1. The number of hydrogen-bond acceptors (Lipinski definition) is 6. The molecule has 0 spiro atoms. The highest BCUT2D eigenvalue weighted by molar-refractivity contribution is 7.78. The highest BCUT2D eigenvalue weighted by Gasteiger charge is 2.16. The standard InChI is InChI=1S/C11H13N3O3S/c1-8(13(2)3)17-9-4-5-10(12-7-18)11(6-9)14(15)16/h4-6,8H,1-3H3. The Morgan fingerprint density at radius 2 is 2.22 bits per heavy atom. The third-order valence-corrected chi connectivity index (χ3v) is 2.43. The second-order valence-electron chi connectivity index (χ2n) is 3.79. The average molecular weight is 267 g/mol. The zero-order chi connectivity index (χ0) is 13.7. The SMILES string of the molecule is CC(Oc1ccc(N=C=S)c([N+](=O)[O-])c1)N(C)C. The second-order valence-corrected chi connectivity index (χ2v) is 3.97. The number of isothiocyanates is 1. The van der Waals surface area contributed by atoms with Crippen molar-refractivity contribution in [2.75, 3.05) is 14.1 Å². The van der Waals surface area contributed by atoms with Crippen molar-refractivity contribution in [2.24, 2.45) is 4.99 Å². The van der Waals surface area contributed by atoms with E-state index in [0.29, 0.717) is 5.75 Å². The smallest absolute Gasteiger partial charge is 0.299 e. The van der Waals surface area contributed by atoms with E-state index in [9.17, 15) is 10.1 Å². The quantitative estimate of drug-likeness (QED) is 0.270. The van der Waals surface area contributed by atoms with E-state index in [1.165, 1.54) is 12.1 Å². The molecular weight excluding hydrogens is 254 g/mol. The van der Waals surface area contributed by atoms with Crippen LogP contribution >= 0.6 is 12.2 Å². The largest absolute Gasteiger partial charge is 0.475 e. The molecule has 0 radical (unpaired) electrons. The molecule has 1 aromatic rings. The highest BCUT2D eigenvalue weighted by atomic mass is 32.1. The number of nitro benzene ring substituents is 1. The molecule has 18 heavy (non-hydrogen) atoms. The monoisotopic (exact) mass is 267 g/mol. The fraction of sp³-hybridized carbons (Fsp3) is 0.364. The van der Waals surface area contributed by atoms with Crippen LogP contribution in [0.5, 0.6) is 5.75 Å². The molecule has 1 atom stereocenters. The highest BCUT2D eigenvalue weighted by Crippen LogP contribution is 2.31. The summed E-state index contributed by atoms with van der Waals surface area (Å²) in [7, 11) is 3.70. The lowest BCUT2D eigenvalue weighted by Gasteiger charge is -2.21. The Morgan fingerprint density at radius 1 is 1.56 bits per heavy atom. The maximum Gasteiger partial charge on any atom is 0.299 e. The van der Waals surface area contributed by atoms with Crippen LogP contribution < -0.4 is 4.74 Å². The third kappa shape index (κ3) is 3.59. The van der Waals surface area contributed by atoms with Gasteiger partial charge in [0.05, 0.1) is 16.2 Å². The molecule has 0 aromatic heterocycles. The van der Waals surface area contributed by atoms with Crippen molar-refractivity contribution in [3.05, 3.63) is 28.3 Å². The van der Waals surface area contributed by atoms with Crippen LogP contribution in [0.25, 0.3) is 0 Å². The van der Waals surface area contributed by atoms with Crippen molar-refractivity contribution in [2.45, 2.75) is 13.2 Å². The maximum absolute atomic E-state index is 10.9. The molecule has 0 amide bonds. The third-order valence-electron chi connectivity index (χ3n) is 2.34. The van der Waals surface area contributed by atoms with E-state index in [1.54, 1.807) is 6.07 Å². The van der Waals surface area contributed by atoms with Gasteiger partial charge in [-0.2, -0.15) is 4.99 Å². The molecule has 7 heteroatoms. The van der Waals surface area contributed by atoms with Gasteiger partial charge in [0.1, 0.15) is 12.0 Å². The number of hydrogen-bond donors (Lipinski definition) is 0. The van der Waals surface area contributed by atoms with Crippen LogP contribution in [0.2, 0.25) is 0 Å². The van der Waals surface area contributed by atoms with Gasteiger partial charge in [-0.15, -0.1) is 0 Å². The number of nitrogens with zero attached hydrogens (tertiary/aromatic N) is 3. The van der Waals surface area contributed by atoms with E-state index in [0.717, 1.165) is 0 Å². The molecule has 1 rings (SSSR count). The lowest BCUT2D eigenvalue weighted by molar-refractivity contribution is -0.384. The zero-order valence-corrected chi connectivity index (χ0v) is 11.1. The molecule has 0 bridgehead atoms. The predicted molar refractivity (Wildman–Crippen MR) is 71.6 cm³/mol. The Hall–Kier alpha value is -1.82. The molecule has 0 aliphatic heterocycles. The Kier molecular flexibility index (Phi) is 4.91. The van der Waals surface area contributed by atoms with Gasteiger partial charge in [-0.05, 0) is 45.4 Å². The minimum Gasteiger partial charge on any atom is -0.475 e. The van der Waals surface area contributed by atoms with Gasteiger partial charge in [-0.25, -0.2) is 0 Å². The topological polar surface area (TPSA) is 68.0 Å². The van der Waals surface area contributed by atoms with Crippen LogP contribution in [-0.2, 0) is 0 Å². The molecule has 0 aliphatic carbocycles. The van der Waals surface area contributed by atoms with Gasteiger partial charge in [0, 0.05) is 0 Å². The molecule has 1 unspecified atom stereocenters. The summed E-state index contributed by atoms with van der Waals surface area (Å²) in [5.74, 6) is 0.409. The molecule has 96 valence electrons. The lowest BCUT2D eigenvalue weighted by Crippen LogP contribution is -2.30. The van der Waals surface area contributed by atoms with E-state index >= 15 is 0 Å². The first-order valence-corrected chi connectivity index (χ1v) is 5.56. The summed E-state index contributed by atoms with van der Waals surface area (Å²) in [6.45, 7) is 1.84. The first-order valence-electron chi connectivity index (χ1n) is 5.15. The van der Waals surface area contributed by atoms with Crippen molar-refractivity contribution in [1.29, 1.82) is 0 Å². The van der Waals surface area contributed by atoms with Crippen LogP contribution in [0, 0.1) is 10.1 Å². The summed E-state index contributed by atoms with van der Waals surface area (Å²) in [5, 5.41) is 13.0. The zero-order valence-electron chi connectivity index (χ0n) is 10.3. The van der Waals surface area contributed by atoms with Crippen LogP contribution in [0.4, 0.5) is 11.4 Å². The van der Waals surface area contributed by atoms with E-state index < -0.39 is 4.92 Å². The Labute approximate surface area is 110 Å². The molecule has 0 heterocycles. The van der Waals surface area contributed by atoms with Crippen molar-refractivity contribution in [3.8, 4) is 5.75 Å². The van der Waals surface area contributed by atoms with Crippen LogP contribution in [-0.4, -0.2) is 35.3 Å². The van der Waals surface area contributed by atoms with Crippen LogP contribution in [0.3, 0.4) is 0 Å². The van der Waals surface area contributed by atoms with E-state index in [-0.39, 0.29) is 17.6 Å². The number of nitro groups is 1. The minimum atomic E-state index is -0.529. The number of rotatable bonds is 5. The molecule has 0 aliphatic rings. The Bertz CT molecular complexity index is 498. The van der Waals surface area contributed by atoms with Gasteiger partial charge >= 0.3 is 0 Å². The summed E-state index contributed by atoms with van der Waals surface area (Å²) in [5.41, 5.74) is 0.00987. The van der Waals surface area contributed by atoms with Gasteiger partial charge in [-0.1, -0.05) is 0 Å². The first-order chi connectivity index (χ1) is 8.45. The summed E-state index contributed by atoms with van der Waals surface area (Å²) in [6, 6.07) is 4.42.